The number of ketones is 1. The van der Waals surface area contributed by atoms with Gasteiger partial charge in [0.05, 0.1) is 6.04 Å². The Labute approximate surface area is 81.3 Å². The fourth-order valence-electron chi connectivity index (χ4n) is 1.91. The van der Waals surface area contributed by atoms with Crippen LogP contribution in [0.2, 0.25) is 0 Å². The van der Waals surface area contributed by atoms with Gasteiger partial charge in [0.15, 0.2) is 5.78 Å². The summed E-state index contributed by atoms with van der Waals surface area (Å²) in [4.78, 5) is 14.2. The molecule has 0 spiro atoms. The van der Waals surface area contributed by atoms with Gasteiger partial charge in [0.2, 0.25) is 0 Å². The zero-order chi connectivity index (χ0) is 10.1. The van der Waals surface area contributed by atoms with E-state index in [9.17, 15) is 4.79 Å². The number of carbonyl (C=O) groups excluding carboxylic acids is 1. The molecule has 0 aliphatic carbocycles. The zero-order valence-electron chi connectivity index (χ0n) is 9.26. The van der Waals surface area contributed by atoms with E-state index in [1.165, 1.54) is 12.8 Å². The second-order valence-corrected chi connectivity index (χ2v) is 5.11. The van der Waals surface area contributed by atoms with Crippen LogP contribution in [0.3, 0.4) is 0 Å². The summed E-state index contributed by atoms with van der Waals surface area (Å²) in [6.45, 7) is 7.11. The average Bonchev–Trinajstić information content (AvgIpc) is 2.02. The lowest BCUT2D eigenvalue weighted by Gasteiger charge is -2.35. The molecule has 0 N–H and O–H groups in total. The van der Waals surface area contributed by atoms with Crippen molar-refractivity contribution in [3.05, 3.63) is 0 Å². The fourth-order valence-corrected chi connectivity index (χ4v) is 1.91. The number of carbonyl (C=O) groups is 1. The van der Waals surface area contributed by atoms with Gasteiger partial charge in [-0.3, -0.25) is 9.69 Å². The third-order valence-electron chi connectivity index (χ3n) is 2.81. The van der Waals surface area contributed by atoms with Crippen LogP contribution < -0.4 is 0 Å². The lowest BCUT2D eigenvalue weighted by molar-refractivity contribution is -0.132. The van der Waals surface area contributed by atoms with Crippen LogP contribution in [-0.4, -0.2) is 30.3 Å². The molecule has 13 heavy (non-hydrogen) atoms. The Kier molecular flexibility index (Phi) is 3.12. The van der Waals surface area contributed by atoms with Crippen LogP contribution in [0.25, 0.3) is 0 Å². The Morgan fingerprint density at radius 1 is 1.31 bits per heavy atom. The van der Waals surface area contributed by atoms with Gasteiger partial charge in [-0.2, -0.15) is 0 Å². The summed E-state index contributed by atoms with van der Waals surface area (Å²) in [6, 6.07) is 0.175. The summed E-state index contributed by atoms with van der Waals surface area (Å²) in [7, 11) is 2.06. The molecule has 1 saturated heterocycles. The highest BCUT2D eigenvalue weighted by Crippen LogP contribution is 2.24. The molecule has 0 bridgehead atoms. The highest BCUT2D eigenvalue weighted by molar-refractivity contribution is 5.88. The maximum Gasteiger partial charge on any atom is 0.155 e. The lowest BCUT2D eigenvalue weighted by Crippen LogP contribution is -2.46. The quantitative estimate of drug-likeness (QED) is 0.620. The van der Waals surface area contributed by atoms with Gasteiger partial charge in [0.1, 0.15) is 0 Å². The van der Waals surface area contributed by atoms with Crippen molar-refractivity contribution in [1.82, 2.24) is 4.90 Å². The van der Waals surface area contributed by atoms with Crippen molar-refractivity contribution in [3.63, 3.8) is 0 Å². The molecule has 0 radical (unpaired) electrons. The molecule has 1 unspecified atom stereocenters. The highest BCUT2D eigenvalue weighted by atomic mass is 16.1. The van der Waals surface area contributed by atoms with Crippen LogP contribution >= 0.6 is 0 Å². The fraction of sp³-hybridized carbons (Fsp3) is 0.909. The average molecular weight is 183 g/mol. The van der Waals surface area contributed by atoms with E-state index in [-0.39, 0.29) is 11.5 Å². The van der Waals surface area contributed by atoms with E-state index in [0.29, 0.717) is 5.78 Å². The smallest absolute Gasteiger partial charge is 0.155 e. The second-order valence-electron chi connectivity index (χ2n) is 5.11. The maximum absolute atomic E-state index is 12.0. The molecule has 1 aliphatic rings. The maximum atomic E-state index is 12.0. The molecular formula is C11H21NO. The Balaban J connectivity index is 2.64. The first kappa shape index (κ1) is 10.7. The van der Waals surface area contributed by atoms with E-state index in [1.807, 2.05) is 20.8 Å². The van der Waals surface area contributed by atoms with E-state index in [2.05, 4.69) is 11.9 Å². The largest absolute Gasteiger partial charge is 0.297 e. The number of hydrogen-bond donors (Lipinski definition) is 0. The normalized spacial score (nSPS) is 26.0. The molecule has 2 nitrogen and oxygen atoms in total. The van der Waals surface area contributed by atoms with Gasteiger partial charge in [0, 0.05) is 5.41 Å². The number of likely N-dealkylation sites (N-methyl/N-ethyl adjacent to an activating group) is 1. The van der Waals surface area contributed by atoms with Gasteiger partial charge < -0.3 is 0 Å². The number of nitrogens with zero attached hydrogens (tertiary/aromatic N) is 1. The van der Waals surface area contributed by atoms with Crippen LogP contribution in [-0.2, 0) is 4.79 Å². The van der Waals surface area contributed by atoms with Crippen molar-refractivity contribution in [2.45, 2.75) is 46.1 Å². The Morgan fingerprint density at radius 3 is 2.38 bits per heavy atom. The SMILES string of the molecule is CN1CCCCC1C(=O)C(C)(C)C. The van der Waals surface area contributed by atoms with Crippen LogP contribution in [0, 0.1) is 5.41 Å². The van der Waals surface area contributed by atoms with Gasteiger partial charge in [0.25, 0.3) is 0 Å². The highest BCUT2D eigenvalue weighted by Gasteiger charge is 2.33. The van der Waals surface area contributed by atoms with Crippen molar-refractivity contribution in [3.8, 4) is 0 Å². The van der Waals surface area contributed by atoms with Crippen molar-refractivity contribution in [2.24, 2.45) is 5.41 Å². The Hall–Kier alpha value is -0.370. The van der Waals surface area contributed by atoms with E-state index >= 15 is 0 Å². The van der Waals surface area contributed by atoms with Crippen LogP contribution in [0.15, 0.2) is 0 Å². The van der Waals surface area contributed by atoms with Gasteiger partial charge >= 0.3 is 0 Å². The van der Waals surface area contributed by atoms with E-state index < -0.39 is 0 Å². The number of piperidine rings is 1. The molecule has 0 saturated carbocycles. The molecule has 1 aliphatic heterocycles. The molecule has 1 rings (SSSR count). The van der Waals surface area contributed by atoms with Crippen LogP contribution in [0.1, 0.15) is 40.0 Å². The second kappa shape index (κ2) is 3.79. The lowest BCUT2D eigenvalue weighted by atomic mass is 9.83. The summed E-state index contributed by atoms with van der Waals surface area (Å²) in [6.07, 6.45) is 3.49. The monoisotopic (exact) mass is 183 g/mol. The molecule has 1 atom stereocenters. The van der Waals surface area contributed by atoms with Crippen molar-refractivity contribution in [2.75, 3.05) is 13.6 Å². The molecule has 0 aromatic heterocycles. The predicted octanol–water partition coefficient (Wildman–Crippen LogP) is 2.09. The third-order valence-corrected chi connectivity index (χ3v) is 2.81. The van der Waals surface area contributed by atoms with Crippen molar-refractivity contribution < 1.29 is 4.79 Å². The minimum Gasteiger partial charge on any atom is -0.297 e. The molecular weight excluding hydrogens is 162 g/mol. The first-order valence-electron chi connectivity index (χ1n) is 5.17. The molecule has 0 aromatic rings. The zero-order valence-corrected chi connectivity index (χ0v) is 9.26. The minimum atomic E-state index is -0.184. The summed E-state index contributed by atoms with van der Waals surface area (Å²) in [5.41, 5.74) is -0.184. The van der Waals surface area contributed by atoms with Gasteiger partial charge in [-0.1, -0.05) is 27.2 Å². The number of Topliss-reactive ketones (excluding diaryl/α,β-unsaturated/α-hetero) is 1. The topological polar surface area (TPSA) is 20.3 Å². The third kappa shape index (κ3) is 2.53. The minimum absolute atomic E-state index is 0.175. The number of rotatable bonds is 1. The molecule has 0 aromatic carbocycles. The molecule has 1 fully saturated rings. The van der Waals surface area contributed by atoms with E-state index in [4.69, 9.17) is 0 Å². The summed E-state index contributed by atoms with van der Waals surface area (Å²) in [5, 5.41) is 0. The summed E-state index contributed by atoms with van der Waals surface area (Å²) >= 11 is 0. The molecule has 2 heteroatoms. The Bertz CT molecular complexity index is 193. The van der Waals surface area contributed by atoms with E-state index in [0.717, 1.165) is 13.0 Å². The molecule has 0 amide bonds. The van der Waals surface area contributed by atoms with Crippen molar-refractivity contribution >= 4 is 5.78 Å². The summed E-state index contributed by atoms with van der Waals surface area (Å²) < 4.78 is 0. The number of likely N-dealkylation sites (tertiary alicyclic amines) is 1. The van der Waals surface area contributed by atoms with Crippen LogP contribution in [0.5, 0.6) is 0 Å². The van der Waals surface area contributed by atoms with Crippen molar-refractivity contribution in [1.29, 1.82) is 0 Å². The van der Waals surface area contributed by atoms with Gasteiger partial charge in [-0.25, -0.2) is 0 Å². The Morgan fingerprint density at radius 2 is 1.92 bits per heavy atom. The van der Waals surface area contributed by atoms with Gasteiger partial charge in [-0.05, 0) is 26.4 Å². The predicted molar refractivity (Wildman–Crippen MR) is 54.7 cm³/mol. The first-order valence-corrected chi connectivity index (χ1v) is 5.17. The number of hydrogen-bond acceptors (Lipinski definition) is 2. The molecule has 1 heterocycles. The van der Waals surface area contributed by atoms with Crippen LogP contribution in [0.4, 0.5) is 0 Å². The molecule has 76 valence electrons. The van der Waals surface area contributed by atoms with E-state index in [1.54, 1.807) is 0 Å². The van der Waals surface area contributed by atoms with Gasteiger partial charge in [-0.15, -0.1) is 0 Å². The standard InChI is InChI=1S/C11H21NO/c1-11(2,3)10(13)9-7-5-6-8-12(9)4/h9H,5-8H2,1-4H3. The first-order chi connectivity index (χ1) is 5.93. The summed E-state index contributed by atoms with van der Waals surface area (Å²) in [5.74, 6) is 0.398.